The smallest absolute Gasteiger partial charge is 0.228 e. The van der Waals surface area contributed by atoms with Crippen LogP contribution in [0.1, 0.15) is 19.3 Å². The first-order valence-corrected chi connectivity index (χ1v) is 8.89. The van der Waals surface area contributed by atoms with E-state index < -0.39 is 0 Å². The first-order chi connectivity index (χ1) is 11.1. The third kappa shape index (κ3) is 3.58. The summed E-state index contributed by atoms with van der Waals surface area (Å²) in [6, 6.07) is 8.17. The zero-order chi connectivity index (χ0) is 16.4. The molecule has 0 spiro atoms. The van der Waals surface area contributed by atoms with Gasteiger partial charge in [-0.25, -0.2) is 0 Å². The Morgan fingerprint density at radius 1 is 1.30 bits per heavy atom. The number of anilines is 1. The maximum absolute atomic E-state index is 12.7. The van der Waals surface area contributed by atoms with Crippen LogP contribution in [0.2, 0.25) is 0 Å². The molecule has 6 heteroatoms. The maximum atomic E-state index is 12.7. The van der Waals surface area contributed by atoms with Crippen molar-refractivity contribution in [2.45, 2.75) is 25.3 Å². The zero-order valence-electron chi connectivity index (χ0n) is 13.3. The second-order valence-corrected chi connectivity index (χ2v) is 7.19. The van der Waals surface area contributed by atoms with Crippen LogP contribution in [-0.4, -0.2) is 49.4 Å². The molecule has 0 bridgehead atoms. The zero-order valence-corrected chi connectivity index (χ0v) is 14.9. The normalized spacial score (nSPS) is 22.7. The van der Waals surface area contributed by atoms with E-state index in [-0.39, 0.29) is 17.7 Å². The van der Waals surface area contributed by atoms with Gasteiger partial charge >= 0.3 is 0 Å². The highest BCUT2D eigenvalue weighted by Gasteiger charge is 2.37. The fraction of sp³-hybridized carbons (Fsp3) is 0.529. The summed E-state index contributed by atoms with van der Waals surface area (Å²) >= 11 is 3.43. The van der Waals surface area contributed by atoms with Crippen molar-refractivity contribution in [3.05, 3.63) is 28.7 Å². The molecular weight excluding hydrogens is 358 g/mol. The molecule has 0 aliphatic carbocycles. The minimum absolute atomic E-state index is 0.0339. The molecule has 23 heavy (non-hydrogen) atoms. The third-order valence-electron chi connectivity index (χ3n) is 4.81. The van der Waals surface area contributed by atoms with Crippen molar-refractivity contribution in [2.24, 2.45) is 5.92 Å². The van der Waals surface area contributed by atoms with E-state index in [0.717, 1.165) is 36.1 Å². The topological polar surface area (TPSA) is 52.7 Å². The highest BCUT2D eigenvalue weighted by atomic mass is 79.9. The number of nitrogens with one attached hydrogen (secondary N) is 1. The Kier molecular flexibility index (Phi) is 5.02. The fourth-order valence-electron chi connectivity index (χ4n) is 3.41. The molecule has 0 radical (unpaired) electrons. The molecule has 1 aromatic carbocycles. The SMILES string of the molecule is CNC1CCN(C(=O)C2CC(=O)N(c3cccc(Br)c3)C2)CC1. The van der Waals surface area contributed by atoms with E-state index >= 15 is 0 Å². The predicted octanol–water partition coefficient (Wildman–Crippen LogP) is 2.01. The number of amides is 2. The number of benzene rings is 1. The van der Waals surface area contributed by atoms with Crippen molar-refractivity contribution < 1.29 is 9.59 Å². The van der Waals surface area contributed by atoms with Crippen LogP contribution in [-0.2, 0) is 9.59 Å². The lowest BCUT2D eigenvalue weighted by atomic mass is 10.0. The molecule has 2 amide bonds. The average Bonchev–Trinajstić information content (AvgIpc) is 2.96. The van der Waals surface area contributed by atoms with Crippen LogP contribution in [0.3, 0.4) is 0 Å². The van der Waals surface area contributed by atoms with Crippen LogP contribution in [0.5, 0.6) is 0 Å². The summed E-state index contributed by atoms with van der Waals surface area (Å²) in [5.41, 5.74) is 0.855. The van der Waals surface area contributed by atoms with Gasteiger partial charge in [0.15, 0.2) is 0 Å². The monoisotopic (exact) mass is 379 g/mol. The summed E-state index contributed by atoms with van der Waals surface area (Å²) in [7, 11) is 1.97. The van der Waals surface area contributed by atoms with Gasteiger partial charge in [-0.05, 0) is 38.1 Å². The number of halogens is 1. The van der Waals surface area contributed by atoms with Crippen molar-refractivity contribution in [1.82, 2.24) is 10.2 Å². The predicted molar refractivity (Wildman–Crippen MR) is 93.3 cm³/mol. The molecule has 5 nitrogen and oxygen atoms in total. The number of hydrogen-bond acceptors (Lipinski definition) is 3. The molecule has 1 unspecified atom stereocenters. The molecule has 2 fully saturated rings. The average molecular weight is 380 g/mol. The highest BCUT2D eigenvalue weighted by molar-refractivity contribution is 9.10. The Hall–Kier alpha value is -1.40. The molecule has 2 aliphatic rings. The van der Waals surface area contributed by atoms with E-state index in [0.29, 0.717) is 19.0 Å². The van der Waals surface area contributed by atoms with Gasteiger partial charge in [-0.2, -0.15) is 0 Å². The highest BCUT2D eigenvalue weighted by Crippen LogP contribution is 2.28. The first-order valence-electron chi connectivity index (χ1n) is 8.10. The number of carbonyl (C=O) groups is 2. The van der Waals surface area contributed by atoms with Gasteiger partial charge in [-0.15, -0.1) is 0 Å². The van der Waals surface area contributed by atoms with Crippen molar-refractivity contribution >= 4 is 33.4 Å². The number of rotatable bonds is 3. The van der Waals surface area contributed by atoms with Gasteiger partial charge in [-0.1, -0.05) is 22.0 Å². The van der Waals surface area contributed by atoms with Gasteiger partial charge in [0, 0.05) is 42.3 Å². The molecule has 1 N–H and O–H groups in total. The van der Waals surface area contributed by atoms with E-state index in [2.05, 4.69) is 21.2 Å². The summed E-state index contributed by atoms with van der Waals surface area (Å²) in [5, 5.41) is 3.27. The lowest BCUT2D eigenvalue weighted by molar-refractivity contribution is -0.136. The van der Waals surface area contributed by atoms with Crippen LogP contribution in [0.4, 0.5) is 5.69 Å². The summed E-state index contributed by atoms with van der Waals surface area (Å²) in [5.74, 6) is -0.0513. The maximum Gasteiger partial charge on any atom is 0.228 e. The number of piperidine rings is 1. The Balaban J connectivity index is 1.64. The molecule has 2 saturated heterocycles. The van der Waals surface area contributed by atoms with Crippen molar-refractivity contribution in [1.29, 1.82) is 0 Å². The third-order valence-corrected chi connectivity index (χ3v) is 5.30. The minimum Gasteiger partial charge on any atom is -0.342 e. The van der Waals surface area contributed by atoms with Gasteiger partial charge < -0.3 is 15.1 Å². The first kappa shape index (κ1) is 16.5. The van der Waals surface area contributed by atoms with E-state index in [4.69, 9.17) is 0 Å². The van der Waals surface area contributed by atoms with Crippen LogP contribution in [0.25, 0.3) is 0 Å². The second-order valence-electron chi connectivity index (χ2n) is 6.27. The molecule has 124 valence electrons. The molecule has 0 saturated carbocycles. The van der Waals surface area contributed by atoms with Crippen LogP contribution in [0.15, 0.2) is 28.7 Å². The van der Waals surface area contributed by atoms with Crippen molar-refractivity contribution in [2.75, 3.05) is 31.6 Å². The van der Waals surface area contributed by atoms with Gasteiger partial charge in [0.05, 0.1) is 5.92 Å². The van der Waals surface area contributed by atoms with Gasteiger partial charge in [0.2, 0.25) is 11.8 Å². The van der Waals surface area contributed by atoms with E-state index in [9.17, 15) is 9.59 Å². The summed E-state index contributed by atoms with van der Waals surface area (Å²) in [6.45, 7) is 2.05. The summed E-state index contributed by atoms with van der Waals surface area (Å²) in [4.78, 5) is 28.7. The number of carbonyl (C=O) groups excluding carboxylic acids is 2. The van der Waals surface area contributed by atoms with Crippen LogP contribution >= 0.6 is 15.9 Å². The van der Waals surface area contributed by atoms with E-state index in [1.807, 2.05) is 36.2 Å². The summed E-state index contributed by atoms with van der Waals surface area (Å²) < 4.78 is 0.937. The second kappa shape index (κ2) is 7.01. The molecule has 0 aromatic heterocycles. The molecule has 1 aromatic rings. The van der Waals surface area contributed by atoms with Crippen LogP contribution < -0.4 is 10.2 Å². The largest absolute Gasteiger partial charge is 0.342 e. The molecule has 2 aliphatic heterocycles. The lowest BCUT2D eigenvalue weighted by Crippen LogP contribution is -2.46. The standard InChI is InChI=1S/C17H22BrN3O2/c1-19-14-5-7-20(8-6-14)17(23)12-9-16(22)21(11-12)15-4-2-3-13(18)10-15/h2-4,10,12,14,19H,5-9,11H2,1H3. The van der Waals surface area contributed by atoms with Gasteiger partial charge in [-0.3, -0.25) is 9.59 Å². The van der Waals surface area contributed by atoms with Crippen LogP contribution in [0, 0.1) is 5.92 Å². The summed E-state index contributed by atoms with van der Waals surface area (Å²) in [6.07, 6.45) is 2.29. The Morgan fingerprint density at radius 2 is 2.04 bits per heavy atom. The fourth-order valence-corrected chi connectivity index (χ4v) is 3.80. The number of likely N-dealkylation sites (tertiary alicyclic amines) is 1. The molecule has 3 rings (SSSR count). The van der Waals surface area contributed by atoms with Gasteiger partial charge in [0.1, 0.15) is 0 Å². The van der Waals surface area contributed by atoms with Crippen molar-refractivity contribution in [3.8, 4) is 0 Å². The van der Waals surface area contributed by atoms with Gasteiger partial charge in [0.25, 0.3) is 0 Å². The van der Waals surface area contributed by atoms with Crippen molar-refractivity contribution in [3.63, 3.8) is 0 Å². The van der Waals surface area contributed by atoms with E-state index in [1.165, 1.54) is 0 Å². The number of nitrogens with zero attached hydrogens (tertiary/aromatic N) is 2. The Bertz CT molecular complexity index is 599. The minimum atomic E-state index is -0.215. The quantitative estimate of drug-likeness (QED) is 0.873. The Labute approximate surface area is 145 Å². The molecule has 1 atom stereocenters. The van der Waals surface area contributed by atoms with E-state index in [1.54, 1.807) is 4.90 Å². The lowest BCUT2D eigenvalue weighted by Gasteiger charge is -2.33. The molecule has 2 heterocycles. The Morgan fingerprint density at radius 3 is 2.70 bits per heavy atom. The molecular formula is C17H22BrN3O2. The number of hydrogen-bond donors (Lipinski definition) is 1.